The lowest BCUT2D eigenvalue weighted by Crippen LogP contribution is -2.32. The molecule has 0 aliphatic carbocycles. The van der Waals surface area contributed by atoms with Crippen molar-refractivity contribution in [3.05, 3.63) is 22.8 Å². The van der Waals surface area contributed by atoms with Gasteiger partial charge >= 0.3 is 6.18 Å². The monoisotopic (exact) mass is 343 g/mol. The van der Waals surface area contributed by atoms with Gasteiger partial charge in [-0.05, 0) is 39.2 Å². The van der Waals surface area contributed by atoms with E-state index in [1.807, 2.05) is 13.8 Å². The van der Waals surface area contributed by atoms with Gasteiger partial charge in [0.05, 0.1) is 0 Å². The summed E-state index contributed by atoms with van der Waals surface area (Å²) in [4.78, 5) is 19.4. The standard InChI is InChI=1S/C15H20F3N5O/c1-5-8(2)19-12(24)7-6-11-9(3)20-14-21-13(15(16,17)18)22-23(14)10(11)4/h8H,5-7H2,1-4H3,(H,19,24). The van der Waals surface area contributed by atoms with Crippen LogP contribution < -0.4 is 5.32 Å². The number of fused-ring (bicyclic) bond motifs is 1. The highest BCUT2D eigenvalue weighted by Gasteiger charge is 2.36. The Balaban J connectivity index is 2.26. The summed E-state index contributed by atoms with van der Waals surface area (Å²) in [5.41, 5.74) is 1.77. The van der Waals surface area contributed by atoms with E-state index in [4.69, 9.17) is 0 Å². The molecule has 0 aliphatic rings. The summed E-state index contributed by atoms with van der Waals surface area (Å²) >= 11 is 0. The molecule has 0 fully saturated rings. The summed E-state index contributed by atoms with van der Waals surface area (Å²) in [6.45, 7) is 7.23. The van der Waals surface area contributed by atoms with Crippen LogP contribution >= 0.6 is 0 Å². The number of hydrogen-bond acceptors (Lipinski definition) is 4. The van der Waals surface area contributed by atoms with Crippen LogP contribution in [0.15, 0.2) is 0 Å². The minimum atomic E-state index is -4.62. The maximum atomic E-state index is 12.7. The Bertz CT molecular complexity index is 754. The molecule has 1 amide bonds. The first-order valence-electron chi connectivity index (χ1n) is 7.72. The summed E-state index contributed by atoms with van der Waals surface area (Å²) < 4.78 is 39.3. The van der Waals surface area contributed by atoms with E-state index in [9.17, 15) is 18.0 Å². The van der Waals surface area contributed by atoms with Crippen LogP contribution in [0.2, 0.25) is 0 Å². The van der Waals surface area contributed by atoms with E-state index >= 15 is 0 Å². The second-order valence-electron chi connectivity index (χ2n) is 5.78. The molecule has 0 aromatic carbocycles. The van der Waals surface area contributed by atoms with Crippen molar-refractivity contribution in [2.75, 3.05) is 0 Å². The van der Waals surface area contributed by atoms with Crippen LogP contribution in [0.4, 0.5) is 13.2 Å². The number of rotatable bonds is 5. The zero-order valence-corrected chi connectivity index (χ0v) is 14.0. The van der Waals surface area contributed by atoms with Crippen molar-refractivity contribution in [1.29, 1.82) is 0 Å². The van der Waals surface area contributed by atoms with E-state index in [1.54, 1.807) is 13.8 Å². The molecule has 0 saturated heterocycles. The summed E-state index contributed by atoms with van der Waals surface area (Å²) in [5.74, 6) is -1.41. The number of alkyl halides is 3. The Kier molecular flexibility index (Phi) is 5.10. The highest BCUT2D eigenvalue weighted by Crippen LogP contribution is 2.27. The van der Waals surface area contributed by atoms with Crippen molar-refractivity contribution >= 4 is 11.7 Å². The van der Waals surface area contributed by atoms with E-state index in [1.165, 1.54) is 0 Å². The van der Waals surface area contributed by atoms with E-state index in [0.717, 1.165) is 10.9 Å². The summed E-state index contributed by atoms with van der Waals surface area (Å²) in [6.07, 6.45) is -3.18. The lowest BCUT2D eigenvalue weighted by Gasteiger charge is -2.13. The van der Waals surface area contributed by atoms with Gasteiger partial charge in [-0.3, -0.25) is 4.79 Å². The predicted molar refractivity (Wildman–Crippen MR) is 81.5 cm³/mol. The molecule has 6 nitrogen and oxygen atoms in total. The molecule has 2 aromatic rings. The predicted octanol–water partition coefficient (Wildman–Crippen LogP) is 2.61. The third-order valence-corrected chi connectivity index (χ3v) is 3.92. The molecule has 0 spiro atoms. The average molecular weight is 343 g/mol. The number of carbonyl (C=O) groups is 1. The molecular formula is C15H20F3N5O. The Morgan fingerprint density at radius 3 is 2.54 bits per heavy atom. The van der Waals surface area contributed by atoms with Gasteiger partial charge in [-0.2, -0.15) is 18.2 Å². The lowest BCUT2D eigenvalue weighted by atomic mass is 10.1. The quantitative estimate of drug-likeness (QED) is 0.906. The molecule has 0 radical (unpaired) electrons. The fourth-order valence-corrected chi connectivity index (χ4v) is 2.38. The fourth-order valence-electron chi connectivity index (χ4n) is 2.38. The summed E-state index contributed by atoms with van der Waals surface area (Å²) in [7, 11) is 0. The zero-order chi connectivity index (χ0) is 18.1. The number of aryl methyl sites for hydroxylation is 2. The molecule has 0 bridgehead atoms. The smallest absolute Gasteiger partial charge is 0.354 e. The van der Waals surface area contributed by atoms with Crippen molar-refractivity contribution in [2.45, 2.75) is 59.2 Å². The fraction of sp³-hybridized carbons (Fsp3) is 0.600. The van der Waals surface area contributed by atoms with E-state index in [0.29, 0.717) is 23.4 Å². The molecule has 0 saturated carbocycles. The van der Waals surface area contributed by atoms with Crippen molar-refractivity contribution in [2.24, 2.45) is 0 Å². The van der Waals surface area contributed by atoms with Gasteiger partial charge in [0.15, 0.2) is 0 Å². The largest absolute Gasteiger partial charge is 0.453 e. The molecular weight excluding hydrogens is 323 g/mol. The number of nitrogens with zero attached hydrogens (tertiary/aromatic N) is 4. The van der Waals surface area contributed by atoms with Crippen molar-refractivity contribution in [3.63, 3.8) is 0 Å². The Morgan fingerprint density at radius 1 is 1.29 bits per heavy atom. The molecule has 24 heavy (non-hydrogen) atoms. The molecule has 2 rings (SSSR count). The summed E-state index contributed by atoms with van der Waals surface area (Å²) in [5, 5.41) is 6.35. The minimum absolute atomic E-state index is 0.0879. The molecule has 9 heteroatoms. The van der Waals surface area contributed by atoms with Gasteiger partial charge in [0.1, 0.15) is 0 Å². The van der Waals surface area contributed by atoms with Gasteiger partial charge in [-0.15, -0.1) is 5.10 Å². The Labute approximate surface area is 137 Å². The maximum Gasteiger partial charge on any atom is 0.453 e. The van der Waals surface area contributed by atoms with Crippen molar-refractivity contribution in [1.82, 2.24) is 24.9 Å². The van der Waals surface area contributed by atoms with Crippen LogP contribution in [0.25, 0.3) is 5.78 Å². The van der Waals surface area contributed by atoms with Crippen LogP contribution in [0.5, 0.6) is 0 Å². The number of amides is 1. The van der Waals surface area contributed by atoms with E-state index in [2.05, 4.69) is 20.4 Å². The van der Waals surface area contributed by atoms with Crippen LogP contribution in [-0.4, -0.2) is 31.5 Å². The van der Waals surface area contributed by atoms with Gasteiger partial charge in [0.2, 0.25) is 5.91 Å². The lowest BCUT2D eigenvalue weighted by molar-refractivity contribution is -0.144. The maximum absolute atomic E-state index is 12.7. The second-order valence-corrected chi connectivity index (χ2v) is 5.78. The van der Waals surface area contributed by atoms with Gasteiger partial charge < -0.3 is 5.32 Å². The second kappa shape index (κ2) is 6.74. The van der Waals surface area contributed by atoms with Gasteiger partial charge in [-0.1, -0.05) is 6.92 Å². The SMILES string of the molecule is CCC(C)NC(=O)CCc1c(C)nc2nc(C(F)(F)F)nn2c1C. The third-order valence-electron chi connectivity index (χ3n) is 3.92. The van der Waals surface area contributed by atoms with Gasteiger partial charge in [0.25, 0.3) is 11.6 Å². The summed E-state index contributed by atoms with van der Waals surface area (Å²) in [6, 6.07) is 0.0879. The molecule has 0 aliphatic heterocycles. The number of carbonyl (C=O) groups excluding carboxylic acids is 1. The van der Waals surface area contributed by atoms with Crippen molar-refractivity contribution in [3.8, 4) is 0 Å². The number of aromatic nitrogens is 4. The molecule has 2 heterocycles. The minimum Gasteiger partial charge on any atom is -0.354 e. The van der Waals surface area contributed by atoms with Gasteiger partial charge in [0, 0.05) is 23.9 Å². The molecule has 1 unspecified atom stereocenters. The highest BCUT2D eigenvalue weighted by atomic mass is 19.4. The van der Waals surface area contributed by atoms with E-state index < -0.39 is 12.0 Å². The number of hydrogen-bond donors (Lipinski definition) is 1. The van der Waals surface area contributed by atoms with Crippen LogP contribution in [0.1, 0.15) is 49.5 Å². The van der Waals surface area contributed by atoms with Crippen LogP contribution in [0, 0.1) is 13.8 Å². The molecule has 1 atom stereocenters. The first-order valence-corrected chi connectivity index (χ1v) is 7.72. The molecule has 2 aromatic heterocycles. The highest BCUT2D eigenvalue weighted by molar-refractivity contribution is 5.76. The average Bonchev–Trinajstić information content (AvgIpc) is 2.91. The van der Waals surface area contributed by atoms with Crippen molar-refractivity contribution < 1.29 is 18.0 Å². The van der Waals surface area contributed by atoms with E-state index in [-0.39, 0.29) is 24.1 Å². The Hall–Kier alpha value is -2.19. The topological polar surface area (TPSA) is 72.2 Å². The molecule has 1 N–H and O–H groups in total. The number of nitrogens with one attached hydrogen (secondary N) is 1. The van der Waals surface area contributed by atoms with Crippen LogP contribution in [0.3, 0.4) is 0 Å². The normalized spacial score (nSPS) is 13.3. The molecule has 132 valence electrons. The first-order chi connectivity index (χ1) is 11.1. The third kappa shape index (κ3) is 3.82. The first kappa shape index (κ1) is 18.2. The zero-order valence-electron chi connectivity index (χ0n) is 14.0. The number of halogens is 3. The van der Waals surface area contributed by atoms with Gasteiger partial charge in [-0.25, -0.2) is 9.50 Å². The van der Waals surface area contributed by atoms with Crippen LogP contribution in [-0.2, 0) is 17.4 Å². The Morgan fingerprint density at radius 2 is 1.96 bits per heavy atom.